The molecular weight excluding hydrogens is 376 g/mol. The summed E-state index contributed by atoms with van der Waals surface area (Å²) in [5.74, 6) is -2.50. The Kier molecular flexibility index (Phi) is 5.61. The van der Waals surface area contributed by atoms with Gasteiger partial charge in [-0.1, -0.05) is 19.3 Å². The van der Waals surface area contributed by atoms with Crippen molar-refractivity contribution in [1.29, 1.82) is 0 Å². The first kappa shape index (κ1) is 19.9. The Hall–Kier alpha value is -2.38. The van der Waals surface area contributed by atoms with E-state index in [1.165, 1.54) is 6.42 Å². The van der Waals surface area contributed by atoms with Crippen LogP contribution in [0.25, 0.3) is 11.5 Å². The number of hydrogen-bond donors (Lipinski definition) is 1. The minimum absolute atomic E-state index is 0.0918. The molecule has 0 aliphatic heterocycles. The van der Waals surface area contributed by atoms with E-state index in [4.69, 9.17) is 0 Å². The average Bonchev–Trinajstić information content (AvgIpc) is 3.14. The number of nitrogens with zero attached hydrogens (tertiary/aromatic N) is 4. The van der Waals surface area contributed by atoms with Gasteiger partial charge in [-0.2, -0.15) is 0 Å². The number of aromatic nitrogens is 4. The zero-order chi connectivity index (χ0) is 20.4. The lowest BCUT2D eigenvalue weighted by Gasteiger charge is -2.28. The molecule has 2 saturated carbocycles. The average molecular weight is 403 g/mol. The first-order valence-corrected chi connectivity index (χ1v) is 10.5. The van der Waals surface area contributed by atoms with Gasteiger partial charge < -0.3 is 9.88 Å². The largest absolute Gasteiger partial charge is 0.348 e. The summed E-state index contributed by atoms with van der Waals surface area (Å²) in [6.07, 6.45) is 9.14. The topological polar surface area (TPSA) is 72.7 Å². The van der Waals surface area contributed by atoms with E-state index in [1.54, 1.807) is 23.2 Å². The lowest BCUT2D eigenvalue weighted by Crippen LogP contribution is -2.36. The highest BCUT2D eigenvalue weighted by Crippen LogP contribution is 2.40. The Morgan fingerprint density at radius 2 is 1.86 bits per heavy atom. The Bertz CT molecular complexity index is 866. The molecule has 1 amide bonds. The van der Waals surface area contributed by atoms with Crippen LogP contribution in [0.2, 0.25) is 0 Å². The van der Waals surface area contributed by atoms with Crippen LogP contribution in [-0.2, 0) is 7.05 Å². The number of alkyl halides is 2. The summed E-state index contributed by atoms with van der Waals surface area (Å²) in [7, 11) is 1.83. The number of amides is 1. The molecule has 2 aromatic heterocycles. The number of imidazole rings is 1. The number of rotatable bonds is 4. The summed E-state index contributed by atoms with van der Waals surface area (Å²) in [5, 5.41) is 3.09. The molecule has 0 radical (unpaired) electrons. The standard InChI is InChI=1S/C21H27F2N5O/c1-28-13-24-12-18(28)19-26-16(14-7-9-21(22,23)10-8-14)11-17(27-19)20(29)25-15-5-3-2-4-6-15/h11-15H,2-10H2,1H3,(H,25,29). The minimum atomic E-state index is -2.60. The second kappa shape index (κ2) is 8.16. The van der Waals surface area contributed by atoms with Crippen molar-refractivity contribution in [3.63, 3.8) is 0 Å². The zero-order valence-corrected chi connectivity index (χ0v) is 16.7. The van der Waals surface area contributed by atoms with E-state index in [0.29, 0.717) is 35.7 Å². The molecule has 4 rings (SSSR count). The van der Waals surface area contributed by atoms with Gasteiger partial charge in [-0.3, -0.25) is 4.79 Å². The maximum absolute atomic E-state index is 13.6. The second-order valence-corrected chi connectivity index (χ2v) is 8.33. The predicted molar refractivity (Wildman–Crippen MR) is 105 cm³/mol. The molecule has 6 nitrogen and oxygen atoms in total. The molecule has 2 heterocycles. The lowest BCUT2D eigenvalue weighted by atomic mass is 9.84. The first-order chi connectivity index (χ1) is 13.9. The van der Waals surface area contributed by atoms with Crippen molar-refractivity contribution in [3.05, 3.63) is 30.0 Å². The van der Waals surface area contributed by atoms with Crippen LogP contribution in [0.1, 0.15) is 79.9 Å². The van der Waals surface area contributed by atoms with Gasteiger partial charge in [-0.05, 0) is 31.7 Å². The summed E-state index contributed by atoms with van der Waals surface area (Å²) in [4.78, 5) is 26.2. The van der Waals surface area contributed by atoms with Gasteiger partial charge in [0.15, 0.2) is 5.82 Å². The Morgan fingerprint density at radius 1 is 1.14 bits per heavy atom. The number of carbonyl (C=O) groups is 1. The molecule has 0 atom stereocenters. The summed E-state index contributed by atoms with van der Waals surface area (Å²) in [6.45, 7) is 0. The molecule has 29 heavy (non-hydrogen) atoms. The van der Waals surface area contributed by atoms with Crippen molar-refractivity contribution in [3.8, 4) is 11.5 Å². The van der Waals surface area contributed by atoms with Crippen LogP contribution < -0.4 is 5.32 Å². The molecule has 0 saturated heterocycles. The minimum Gasteiger partial charge on any atom is -0.348 e. The van der Waals surface area contributed by atoms with Crippen LogP contribution in [0.5, 0.6) is 0 Å². The number of carbonyl (C=O) groups excluding carboxylic acids is 1. The highest BCUT2D eigenvalue weighted by atomic mass is 19.3. The lowest BCUT2D eigenvalue weighted by molar-refractivity contribution is -0.0384. The zero-order valence-electron chi connectivity index (χ0n) is 16.7. The summed E-state index contributed by atoms with van der Waals surface area (Å²) in [5.41, 5.74) is 1.66. The van der Waals surface area contributed by atoms with Gasteiger partial charge >= 0.3 is 0 Å². The molecule has 0 unspecified atom stereocenters. The van der Waals surface area contributed by atoms with E-state index < -0.39 is 5.92 Å². The Balaban J connectivity index is 1.63. The third-order valence-electron chi connectivity index (χ3n) is 6.10. The van der Waals surface area contributed by atoms with Crippen LogP contribution in [-0.4, -0.2) is 37.4 Å². The molecule has 0 aromatic carbocycles. The van der Waals surface area contributed by atoms with Crippen molar-refractivity contribution >= 4 is 5.91 Å². The maximum atomic E-state index is 13.6. The highest BCUT2D eigenvalue weighted by Gasteiger charge is 2.36. The summed E-state index contributed by atoms with van der Waals surface area (Å²) < 4.78 is 29.0. The monoisotopic (exact) mass is 403 g/mol. The van der Waals surface area contributed by atoms with Crippen molar-refractivity contribution in [1.82, 2.24) is 24.8 Å². The molecule has 2 fully saturated rings. The van der Waals surface area contributed by atoms with Crippen LogP contribution in [0.4, 0.5) is 8.78 Å². The molecule has 156 valence electrons. The van der Waals surface area contributed by atoms with E-state index >= 15 is 0 Å². The fraction of sp³-hybridized carbons (Fsp3) is 0.619. The highest BCUT2D eigenvalue weighted by molar-refractivity contribution is 5.93. The predicted octanol–water partition coefficient (Wildman–Crippen LogP) is 4.23. The van der Waals surface area contributed by atoms with Crippen LogP contribution in [0.3, 0.4) is 0 Å². The van der Waals surface area contributed by atoms with E-state index in [0.717, 1.165) is 25.7 Å². The van der Waals surface area contributed by atoms with Gasteiger partial charge in [0.1, 0.15) is 11.4 Å². The Morgan fingerprint density at radius 3 is 2.52 bits per heavy atom. The molecule has 2 aromatic rings. The van der Waals surface area contributed by atoms with Crippen molar-refractivity contribution < 1.29 is 13.6 Å². The van der Waals surface area contributed by atoms with E-state index in [1.807, 2.05) is 7.05 Å². The molecule has 2 aliphatic rings. The number of hydrogen-bond acceptors (Lipinski definition) is 4. The third-order valence-corrected chi connectivity index (χ3v) is 6.10. The van der Waals surface area contributed by atoms with Gasteiger partial charge in [0, 0.05) is 37.5 Å². The number of nitrogens with one attached hydrogen (secondary N) is 1. The summed E-state index contributed by atoms with van der Waals surface area (Å²) in [6, 6.07) is 1.86. The number of aryl methyl sites for hydroxylation is 1. The van der Waals surface area contributed by atoms with Gasteiger partial charge in [-0.15, -0.1) is 0 Å². The van der Waals surface area contributed by atoms with Crippen LogP contribution >= 0.6 is 0 Å². The van der Waals surface area contributed by atoms with Gasteiger partial charge in [0.25, 0.3) is 5.91 Å². The smallest absolute Gasteiger partial charge is 0.270 e. The second-order valence-electron chi connectivity index (χ2n) is 8.33. The van der Waals surface area contributed by atoms with Crippen LogP contribution in [0, 0.1) is 0 Å². The fourth-order valence-electron chi connectivity index (χ4n) is 4.32. The van der Waals surface area contributed by atoms with Gasteiger partial charge in [0.2, 0.25) is 5.92 Å². The fourth-order valence-corrected chi connectivity index (χ4v) is 4.32. The molecule has 0 bridgehead atoms. The van der Waals surface area contributed by atoms with Gasteiger partial charge in [0.05, 0.1) is 12.5 Å². The number of halogens is 2. The Labute approximate surface area is 169 Å². The quantitative estimate of drug-likeness (QED) is 0.829. The van der Waals surface area contributed by atoms with Gasteiger partial charge in [-0.25, -0.2) is 23.7 Å². The molecular formula is C21H27F2N5O. The van der Waals surface area contributed by atoms with E-state index in [-0.39, 0.29) is 30.7 Å². The van der Waals surface area contributed by atoms with E-state index in [2.05, 4.69) is 20.3 Å². The van der Waals surface area contributed by atoms with Crippen LogP contribution in [0.15, 0.2) is 18.6 Å². The normalized spacial score (nSPS) is 20.5. The molecule has 0 spiro atoms. The third kappa shape index (κ3) is 4.62. The van der Waals surface area contributed by atoms with Crippen molar-refractivity contribution in [2.75, 3.05) is 0 Å². The molecule has 1 N–H and O–H groups in total. The van der Waals surface area contributed by atoms with Crippen molar-refractivity contribution in [2.24, 2.45) is 7.05 Å². The maximum Gasteiger partial charge on any atom is 0.270 e. The molecule has 8 heteroatoms. The SMILES string of the molecule is Cn1cncc1-c1nc(C(=O)NC2CCCCC2)cc(C2CCC(F)(F)CC2)n1. The summed E-state index contributed by atoms with van der Waals surface area (Å²) >= 11 is 0. The molecule has 2 aliphatic carbocycles. The van der Waals surface area contributed by atoms with Crippen molar-refractivity contribution in [2.45, 2.75) is 75.7 Å². The van der Waals surface area contributed by atoms with E-state index in [9.17, 15) is 13.6 Å². The first-order valence-electron chi connectivity index (χ1n) is 10.5.